The number of aromatic nitrogens is 1. The molecule has 0 bridgehead atoms. The number of nitrogens with two attached hydrogens (primary N) is 1. The highest BCUT2D eigenvalue weighted by molar-refractivity contribution is 7.22. The number of anilines is 1. The van der Waals surface area contributed by atoms with Crippen molar-refractivity contribution in [1.29, 1.82) is 0 Å². The Labute approximate surface area is 124 Å². The van der Waals surface area contributed by atoms with E-state index in [1.165, 1.54) is 11.3 Å². The van der Waals surface area contributed by atoms with Gasteiger partial charge in [-0.05, 0) is 36.6 Å². The van der Waals surface area contributed by atoms with Crippen LogP contribution in [-0.4, -0.2) is 10.9 Å². The van der Waals surface area contributed by atoms with E-state index in [4.69, 9.17) is 5.73 Å². The van der Waals surface area contributed by atoms with E-state index in [1.54, 1.807) is 17.4 Å². The number of thiazole rings is 1. The van der Waals surface area contributed by atoms with Gasteiger partial charge >= 0.3 is 0 Å². The van der Waals surface area contributed by atoms with Gasteiger partial charge in [-0.3, -0.25) is 4.79 Å². The zero-order chi connectivity index (χ0) is 14.1. The second-order valence-corrected chi connectivity index (χ2v) is 6.49. The smallest absolute Gasteiger partial charge is 0.251 e. The maximum Gasteiger partial charge on any atom is 0.251 e. The fraction of sp³-hybridized carbons (Fsp3) is 0.143. The Morgan fingerprint density at radius 3 is 3.00 bits per heavy atom. The first-order valence-corrected chi connectivity index (χ1v) is 7.83. The van der Waals surface area contributed by atoms with E-state index in [-0.39, 0.29) is 11.9 Å². The SMILES string of the molecule is C[C@H](NC(=O)c1ccc2nc(N)sc2c1)c1cccs1. The number of amides is 1. The van der Waals surface area contributed by atoms with Gasteiger partial charge in [-0.1, -0.05) is 17.4 Å². The maximum atomic E-state index is 12.2. The number of fused-ring (bicyclic) bond motifs is 1. The molecule has 2 heterocycles. The number of thiophene rings is 1. The van der Waals surface area contributed by atoms with Crippen LogP contribution in [0, 0.1) is 0 Å². The molecule has 0 saturated carbocycles. The van der Waals surface area contributed by atoms with Crippen molar-refractivity contribution in [2.24, 2.45) is 0 Å². The number of hydrogen-bond donors (Lipinski definition) is 2. The van der Waals surface area contributed by atoms with Crippen molar-refractivity contribution >= 4 is 43.9 Å². The Bertz CT molecular complexity index is 749. The highest BCUT2D eigenvalue weighted by atomic mass is 32.1. The summed E-state index contributed by atoms with van der Waals surface area (Å²) < 4.78 is 0.930. The van der Waals surface area contributed by atoms with Gasteiger partial charge < -0.3 is 11.1 Å². The number of nitrogens with zero attached hydrogens (tertiary/aromatic N) is 1. The molecule has 0 saturated heterocycles. The molecule has 0 aliphatic carbocycles. The molecule has 20 heavy (non-hydrogen) atoms. The number of nitrogens with one attached hydrogen (secondary N) is 1. The number of carbonyl (C=O) groups is 1. The molecule has 6 heteroatoms. The van der Waals surface area contributed by atoms with Crippen LogP contribution in [0.4, 0.5) is 5.13 Å². The maximum absolute atomic E-state index is 12.2. The van der Waals surface area contributed by atoms with Gasteiger partial charge in [0.05, 0.1) is 16.3 Å². The minimum Gasteiger partial charge on any atom is -0.375 e. The lowest BCUT2D eigenvalue weighted by Gasteiger charge is -2.12. The summed E-state index contributed by atoms with van der Waals surface area (Å²) in [6.07, 6.45) is 0. The Morgan fingerprint density at radius 1 is 1.40 bits per heavy atom. The van der Waals surface area contributed by atoms with E-state index < -0.39 is 0 Å². The minimum atomic E-state index is -0.0835. The Balaban J connectivity index is 1.81. The molecule has 102 valence electrons. The fourth-order valence-corrected chi connectivity index (χ4v) is 3.48. The van der Waals surface area contributed by atoms with E-state index >= 15 is 0 Å². The third kappa shape index (κ3) is 2.52. The fourth-order valence-electron chi connectivity index (χ4n) is 1.97. The number of hydrogen-bond acceptors (Lipinski definition) is 5. The molecular formula is C14H13N3OS2. The molecule has 3 aromatic rings. The standard InChI is InChI=1S/C14H13N3OS2/c1-8(11-3-2-6-19-11)16-13(18)9-4-5-10-12(7-9)20-14(15)17-10/h2-8H,1H3,(H2,15,17)(H,16,18)/t8-/m0/s1. The van der Waals surface area contributed by atoms with Crippen LogP contribution in [0.25, 0.3) is 10.2 Å². The quantitative estimate of drug-likeness (QED) is 0.779. The van der Waals surface area contributed by atoms with Gasteiger partial charge in [0, 0.05) is 10.4 Å². The van der Waals surface area contributed by atoms with Crippen molar-refractivity contribution in [1.82, 2.24) is 10.3 Å². The van der Waals surface area contributed by atoms with Crippen LogP contribution < -0.4 is 11.1 Å². The molecule has 3 rings (SSSR count). The van der Waals surface area contributed by atoms with Crippen LogP contribution in [0.3, 0.4) is 0 Å². The van der Waals surface area contributed by atoms with Crippen LogP contribution in [0.1, 0.15) is 28.2 Å². The number of nitrogen functional groups attached to an aromatic ring is 1. The monoisotopic (exact) mass is 303 g/mol. The summed E-state index contributed by atoms with van der Waals surface area (Å²) in [5, 5.41) is 5.52. The molecule has 0 aliphatic heterocycles. The first-order chi connectivity index (χ1) is 9.63. The molecule has 1 atom stereocenters. The zero-order valence-electron chi connectivity index (χ0n) is 10.8. The second-order valence-electron chi connectivity index (χ2n) is 4.45. The van der Waals surface area contributed by atoms with Gasteiger partial charge in [0.25, 0.3) is 5.91 Å². The lowest BCUT2D eigenvalue weighted by molar-refractivity contribution is 0.0940. The van der Waals surface area contributed by atoms with E-state index in [9.17, 15) is 4.79 Å². The molecule has 0 unspecified atom stereocenters. The molecule has 0 spiro atoms. The number of rotatable bonds is 3. The largest absolute Gasteiger partial charge is 0.375 e. The van der Waals surface area contributed by atoms with E-state index in [1.807, 2.05) is 36.6 Å². The van der Waals surface area contributed by atoms with E-state index in [0.717, 1.165) is 15.1 Å². The van der Waals surface area contributed by atoms with Crippen molar-refractivity contribution in [2.75, 3.05) is 5.73 Å². The van der Waals surface area contributed by atoms with Crippen LogP contribution in [0.15, 0.2) is 35.7 Å². The lowest BCUT2D eigenvalue weighted by Crippen LogP contribution is -2.25. The minimum absolute atomic E-state index is 0.00438. The molecule has 0 fully saturated rings. The number of carbonyl (C=O) groups excluding carboxylic acids is 1. The normalized spacial score (nSPS) is 12.4. The molecular weight excluding hydrogens is 290 g/mol. The van der Waals surface area contributed by atoms with Gasteiger partial charge in [0.2, 0.25) is 0 Å². The third-order valence-corrected chi connectivity index (χ3v) is 4.89. The summed E-state index contributed by atoms with van der Waals surface area (Å²) >= 11 is 3.02. The highest BCUT2D eigenvalue weighted by Crippen LogP contribution is 2.25. The molecule has 3 N–H and O–H groups in total. The van der Waals surface area contributed by atoms with Gasteiger partial charge in [-0.15, -0.1) is 11.3 Å². The van der Waals surface area contributed by atoms with Crippen molar-refractivity contribution in [3.63, 3.8) is 0 Å². The lowest BCUT2D eigenvalue weighted by atomic mass is 10.2. The van der Waals surface area contributed by atoms with Crippen molar-refractivity contribution in [2.45, 2.75) is 13.0 Å². The summed E-state index contributed by atoms with van der Waals surface area (Å²) in [6, 6.07) is 9.44. The predicted octanol–water partition coefficient (Wildman–Crippen LogP) is 3.43. The van der Waals surface area contributed by atoms with Gasteiger partial charge in [0.1, 0.15) is 0 Å². The van der Waals surface area contributed by atoms with Crippen LogP contribution in [-0.2, 0) is 0 Å². The first kappa shape index (κ1) is 13.1. The summed E-state index contributed by atoms with van der Waals surface area (Å²) in [6.45, 7) is 1.98. The molecule has 0 radical (unpaired) electrons. The van der Waals surface area contributed by atoms with Crippen molar-refractivity contribution in [3.8, 4) is 0 Å². The van der Waals surface area contributed by atoms with Crippen LogP contribution in [0.2, 0.25) is 0 Å². The summed E-state index contributed by atoms with van der Waals surface area (Å²) in [5.74, 6) is -0.0835. The topological polar surface area (TPSA) is 68.0 Å². The first-order valence-electron chi connectivity index (χ1n) is 6.14. The average molecular weight is 303 g/mol. The van der Waals surface area contributed by atoms with Crippen molar-refractivity contribution < 1.29 is 4.79 Å². The molecule has 0 aliphatic rings. The van der Waals surface area contributed by atoms with E-state index in [2.05, 4.69) is 10.3 Å². The van der Waals surface area contributed by atoms with Gasteiger partial charge in [-0.2, -0.15) is 0 Å². The van der Waals surface area contributed by atoms with Crippen LogP contribution in [0.5, 0.6) is 0 Å². The zero-order valence-corrected chi connectivity index (χ0v) is 12.4. The van der Waals surface area contributed by atoms with Gasteiger partial charge in [0.15, 0.2) is 5.13 Å². The molecule has 1 amide bonds. The summed E-state index contributed by atoms with van der Waals surface area (Å²) in [5.41, 5.74) is 7.13. The summed E-state index contributed by atoms with van der Waals surface area (Å²) in [4.78, 5) is 17.6. The molecule has 2 aromatic heterocycles. The molecule has 4 nitrogen and oxygen atoms in total. The van der Waals surface area contributed by atoms with E-state index in [0.29, 0.717) is 10.7 Å². The van der Waals surface area contributed by atoms with Gasteiger partial charge in [-0.25, -0.2) is 4.98 Å². The molecule has 1 aromatic carbocycles. The Hall–Kier alpha value is -1.92. The van der Waals surface area contributed by atoms with Crippen LogP contribution >= 0.6 is 22.7 Å². The van der Waals surface area contributed by atoms with Crippen molar-refractivity contribution in [3.05, 3.63) is 46.2 Å². The third-order valence-electron chi connectivity index (χ3n) is 2.98. The Morgan fingerprint density at radius 2 is 2.25 bits per heavy atom. The second kappa shape index (κ2) is 5.22. The number of benzene rings is 1. The highest BCUT2D eigenvalue weighted by Gasteiger charge is 2.13. The predicted molar refractivity (Wildman–Crippen MR) is 84.2 cm³/mol. The Kier molecular flexibility index (Phi) is 3.42. The summed E-state index contributed by atoms with van der Waals surface area (Å²) in [7, 11) is 0. The average Bonchev–Trinajstić information content (AvgIpc) is 3.05.